The van der Waals surface area contributed by atoms with E-state index in [1.165, 1.54) is 25.3 Å². The van der Waals surface area contributed by atoms with Gasteiger partial charge in [0.15, 0.2) is 0 Å². The van der Waals surface area contributed by atoms with Crippen molar-refractivity contribution in [2.45, 2.75) is 12.5 Å². The van der Waals surface area contributed by atoms with Gasteiger partial charge in [0.25, 0.3) is 0 Å². The summed E-state index contributed by atoms with van der Waals surface area (Å²) in [6, 6.07) is 3.53. The van der Waals surface area contributed by atoms with Crippen molar-refractivity contribution in [3.63, 3.8) is 0 Å². The fourth-order valence-corrected chi connectivity index (χ4v) is 1.27. The van der Waals surface area contributed by atoms with Gasteiger partial charge >= 0.3 is 0 Å². The second kappa shape index (κ2) is 6.58. The summed E-state index contributed by atoms with van der Waals surface area (Å²) in [7, 11) is 1.47. The third-order valence-corrected chi connectivity index (χ3v) is 2.01. The minimum Gasteiger partial charge on any atom is -0.496 e. The Morgan fingerprint density at radius 1 is 1.47 bits per heavy atom. The second-order valence-electron chi connectivity index (χ2n) is 2.97. The van der Waals surface area contributed by atoms with Crippen LogP contribution in [0.1, 0.15) is 18.0 Å². The summed E-state index contributed by atoms with van der Waals surface area (Å²) in [6.07, 6.45) is 0.166. The van der Waals surface area contributed by atoms with Gasteiger partial charge in [-0.25, -0.2) is 4.39 Å². The van der Waals surface area contributed by atoms with Crippen molar-refractivity contribution in [3.8, 4) is 5.75 Å². The number of alkyl halides is 1. The third kappa shape index (κ3) is 3.64. The van der Waals surface area contributed by atoms with Gasteiger partial charge in [0.1, 0.15) is 11.6 Å². The molecule has 86 valence electrons. The Morgan fingerprint density at radius 3 is 2.67 bits per heavy atom. The van der Waals surface area contributed by atoms with Gasteiger partial charge in [-0.3, -0.25) is 4.39 Å². The molecule has 0 amide bonds. The molecule has 2 nitrogen and oxygen atoms in total. The molecule has 0 saturated carbocycles. The monoisotopic (exact) mass is 237 g/mol. The molecule has 0 aliphatic carbocycles. The number of ether oxygens (including phenoxy) is 1. The lowest BCUT2D eigenvalue weighted by Gasteiger charge is -2.14. The maximum Gasteiger partial charge on any atom is 0.123 e. The molecule has 0 radical (unpaired) electrons. The van der Waals surface area contributed by atoms with Gasteiger partial charge in [-0.1, -0.05) is 0 Å². The summed E-state index contributed by atoms with van der Waals surface area (Å²) >= 11 is 0. The summed E-state index contributed by atoms with van der Waals surface area (Å²) < 4.78 is 29.9. The lowest BCUT2D eigenvalue weighted by atomic mass is 10.0. The molecular formula is C10H14ClF2NO. The van der Waals surface area contributed by atoms with Gasteiger partial charge < -0.3 is 10.5 Å². The van der Waals surface area contributed by atoms with Crippen LogP contribution >= 0.6 is 12.4 Å². The standard InChI is InChI=1S/C10H13F2NO.ClH/c1-14-10-3-2-7(12)6-8(10)9(13)4-5-11;/h2-3,6,9H,4-5,13H2,1H3;1H/t9-;/m1./s1. The van der Waals surface area contributed by atoms with Gasteiger partial charge in [0, 0.05) is 11.6 Å². The predicted octanol–water partition coefficient (Wildman–Crippen LogP) is 2.62. The summed E-state index contributed by atoms with van der Waals surface area (Å²) in [5.41, 5.74) is 6.17. The number of hydrogen-bond acceptors (Lipinski definition) is 2. The van der Waals surface area contributed by atoms with Crippen LogP contribution in [0.15, 0.2) is 18.2 Å². The first-order valence-electron chi connectivity index (χ1n) is 4.34. The molecular weight excluding hydrogens is 224 g/mol. The minimum atomic E-state index is -0.527. The van der Waals surface area contributed by atoms with Crippen molar-refractivity contribution >= 4 is 12.4 Å². The largest absolute Gasteiger partial charge is 0.496 e. The van der Waals surface area contributed by atoms with Gasteiger partial charge in [-0.15, -0.1) is 12.4 Å². The Balaban J connectivity index is 0.00000196. The molecule has 1 atom stereocenters. The van der Waals surface area contributed by atoms with Crippen LogP contribution in [0.5, 0.6) is 5.75 Å². The molecule has 1 aromatic carbocycles. The summed E-state index contributed by atoms with van der Waals surface area (Å²) in [6.45, 7) is -0.527. The molecule has 15 heavy (non-hydrogen) atoms. The zero-order chi connectivity index (χ0) is 10.6. The Bertz CT molecular complexity index is 309. The normalized spacial score (nSPS) is 11.7. The molecule has 0 aliphatic heterocycles. The molecule has 0 unspecified atom stereocenters. The molecule has 0 bridgehead atoms. The van der Waals surface area contributed by atoms with Crippen LogP contribution < -0.4 is 10.5 Å². The highest BCUT2D eigenvalue weighted by molar-refractivity contribution is 5.85. The van der Waals surface area contributed by atoms with E-state index in [4.69, 9.17) is 10.5 Å². The average molecular weight is 238 g/mol. The third-order valence-electron chi connectivity index (χ3n) is 2.01. The Hall–Kier alpha value is -0.870. The number of methoxy groups -OCH3 is 1. The number of benzene rings is 1. The van der Waals surface area contributed by atoms with E-state index >= 15 is 0 Å². The SMILES string of the molecule is COc1ccc(F)cc1[C@H](N)CCF.Cl. The Kier molecular flexibility index (Phi) is 6.20. The van der Waals surface area contributed by atoms with Crippen molar-refractivity contribution < 1.29 is 13.5 Å². The number of nitrogens with two attached hydrogens (primary N) is 1. The van der Waals surface area contributed by atoms with Gasteiger partial charge in [-0.05, 0) is 24.6 Å². The second-order valence-corrected chi connectivity index (χ2v) is 2.97. The number of halogens is 3. The molecule has 1 rings (SSSR count). The molecule has 1 aromatic rings. The van der Waals surface area contributed by atoms with Crippen molar-refractivity contribution in [1.29, 1.82) is 0 Å². The summed E-state index contributed by atoms with van der Waals surface area (Å²) in [4.78, 5) is 0. The molecule has 0 saturated heterocycles. The van der Waals surface area contributed by atoms with E-state index < -0.39 is 18.5 Å². The molecule has 0 heterocycles. The first kappa shape index (κ1) is 14.1. The zero-order valence-corrected chi connectivity index (χ0v) is 9.19. The molecule has 0 aromatic heterocycles. The first-order chi connectivity index (χ1) is 6.69. The van der Waals surface area contributed by atoms with E-state index in [-0.39, 0.29) is 18.8 Å². The maximum absolute atomic E-state index is 12.9. The van der Waals surface area contributed by atoms with Crippen LogP contribution in [0.4, 0.5) is 8.78 Å². The van der Waals surface area contributed by atoms with Crippen LogP contribution in [0, 0.1) is 5.82 Å². The Labute approximate surface area is 93.8 Å². The lowest BCUT2D eigenvalue weighted by molar-refractivity contribution is 0.393. The van der Waals surface area contributed by atoms with Crippen LogP contribution in [0.3, 0.4) is 0 Å². The highest BCUT2D eigenvalue weighted by atomic mass is 35.5. The van der Waals surface area contributed by atoms with E-state index in [1.807, 2.05) is 0 Å². The van der Waals surface area contributed by atoms with Crippen molar-refractivity contribution in [2.75, 3.05) is 13.8 Å². The Morgan fingerprint density at radius 2 is 2.13 bits per heavy atom. The van der Waals surface area contributed by atoms with Crippen LogP contribution in [0.2, 0.25) is 0 Å². The predicted molar refractivity (Wildman–Crippen MR) is 57.7 cm³/mol. The van der Waals surface area contributed by atoms with Crippen LogP contribution in [-0.4, -0.2) is 13.8 Å². The molecule has 5 heteroatoms. The van der Waals surface area contributed by atoms with E-state index in [9.17, 15) is 8.78 Å². The van der Waals surface area contributed by atoms with Gasteiger partial charge in [-0.2, -0.15) is 0 Å². The van der Waals surface area contributed by atoms with E-state index in [2.05, 4.69) is 0 Å². The number of hydrogen-bond donors (Lipinski definition) is 1. The highest BCUT2D eigenvalue weighted by Crippen LogP contribution is 2.26. The van der Waals surface area contributed by atoms with Gasteiger partial charge in [0.2, 0.25) is 0 Å². The summed E-state index contributed by atoms with van der Waals surface area (Å²) in [5.74, 6) is 0.0995. The quantitative estimate of drug-likeness (QED) is 0.874. The zero-order valence-electron chi connectivity index (χ0n) is 8.37. The smallest absolute Gasteiger partial charge is 0.123 e. The topological polar surface area (TPSA) is 35.2 Å². The van der Waals surface area contributed by atoms with E-state index in [0.717, 1.165) is 0 Å². The molecule has 0 fully saturated rings. The van der Waals surface area contributed by atoms with E-state index in [1.54, 1.807) is 0 Å². The van der Waals surface area contributed by atoms with Crippen LogP contribution in [-0.2, 0) is 0 Å². The number of rotatable bonds is 4. The average Bonchev–Trinajstić information content (AvgIpc) is 2.18. The fraction of sp³-hybridized carbons (Fsp3) is 0.400. The van der Waals surface area contributed by atoms with E-state index in [0.29, 0.717) is 11.3 Å². The van der Waals surface area contributed by atoms with Crippen molar-refractivity contribution in [2.24, 2.45) is 5.73 Å². The minimum absolute atomic E-state index is 0. The highest BCUT2D eigenvalue weighted by Gasteiger charge is 2.12. The van der Waals surface area contributed by atoms with Crippen LogP contribution in [0.25, 0.3) is 0 Å². The lowest BCUT2D eigenvalue weighted by Crippen LogP contribution is -2.12. The summed E-state index contributed by atoms with van der Waals surface area (Å²) in [5, 5.41) is 0. The molecule has 0 aliphatic rings. The van der Waals surface area contributed by atoms with Crippen molar-refractivity contribution in [1.82, 2.24) is 0 Å². The molecule has 2 N–H and O–H groups in total. The van der Waals surface area contributed by atoms with Crippen molar-refractivity contribution in [3.05, 3.63) is 29.6 Å². The maximum atomic E-state index is 12.9. The fourth-order valence-electron chi connectivity index (χ4n) is 1.27. The first-order valence-corrected chi connectivity index (χ1v) is 4.34. The molecule has 0 spiro atoms. The van der Waals surface area contributed by atoms with Gasteiger partial charge in [0.05, 0.1) is 13.8 Å².